The first kappa shape index (κ1) is 29.6. The second-order valence-corrected chi connectivity index (χ2v) is 8.29. The van der Waals surface area contributed by atoms with E-state index in [0.29, 0.717) is 13.0 Å². The molecule has 0 unspecified atom stereocenters. The standard InChI is InChI=1S/C21H16BrF11N2O/c1-2-3-7-34-14-6-4-5-11(15(14)23)17(36)35-16-12(19(25,26)27)8-10(9-13(16)22)18(24,20(28,29)30)21(31,32)33/h4-6,8-9,34H,2-3,7H2,1H3,(H,35,36). The summed E-state index contributed by atoms with van der Waals surface area (Å²) in [6, 6.07) is 2.43. The highest BCUT2D eigenvalue weighted by Crippen LogP contribution is 2.55. The van der Waals surface area contributed by atoms with E-state index in [9.17, 15) is 53.1 Å². The largest absolute Gasteiger partial charge is 0.435 e. The molecule has 3 nitrogen and oxygen atoms in total. The number of amides is 1. The summed E-state index contributed by atoms with van der Waals surface area (Å²) in [7, 11) is 0. The van der Waals surface area contributed by atoms with Crippen LogP contribution in [-0.4, -0.2) is 24.8 Å². The molecule has 0 atom stereocenters. The molecule has 36 heavy (non-hydrogen) atoms. The summed E-state index contributed by atoms with van der Waals surface area (Å²) in [4.78, 5) is 12.5. The van der Waals surface area contributed by atoms with Gasteiger partial charge in [-0.2, -0.15) is 39.5 Å². The molecule has 2 aromatic carbocycles. The van der Waals surface area contributed by atoms with Crippen LogP contribution < -0.4 is 10.6 Å². The highest BCUT2D eigenvalue weighted by Gasteiger charge is 2.73. The van der Waals surface area contributed by atoms with Crippen LogP contribution in [0.3, 0.4) is 0 Å². The molecule has 0 saturated heterocycles. The van der Waals surface area contributed by atoms with E-state index < -0.39 is 68.8 Å². The number of rotatable bonds is 7. The first-order valence-electron chi connectivity index (χ1n) is 9.93. The van der Waals surface area contributed by atoms with Crippen molar-refractivity contribution in [2.45, 2.75) is 44.0 Å². The molecule has 2 aromatic rings. The van der Waals surface area contributed by atoms with E-state index in [1.54, 1.807) is 5.32 Å². The van der Waals surface area contributed by atoms with Gasteiger partial charge in [0.05, 0.1) is 22.5 Å². The molecule has 0 saturated carbocycles. The maximum absolute atomic E-state index is 14.7. The monoisotopic (exact) mass is 600 g/mol. The summed E-state index contributed by atoms with van der Waals surface area (Å²) in [6.07, 6.45) is -17.6. The van der Waals surface area contributed by atoms with Crippen LogP contribution in [0.25, 0.3) is 0 Å². The topological polar surface area (TPSA) is 41.1 Å². The zero-order valence-electron chi connectivity index (χ0n) is 18.0. The lowest BCUT2D eigenvalue weighted by Gasteiger charge is -2.31. The Hall–Kier alpha value is -2.58. The van der Waals surface area contributed by atoms with Gasteiger partial charge in [-0.15, -0.1) is 0 Å². The lowest BCUT2D eigenvalue weighted by Crippen LogP contribution is -2.50. The zero-order valence-corrected chi connectivity index (χ0v) is 19.5. The molecule has 0 aliphatic carbocycles. The lowest BCUT2D eigenvalue weighted by atomic mass is 9.92. The van der Waals surface area contributed by atoms with Crippen molar-refractivity contribution < 1.29 is 53.1 Å². The van der Waals surface area contributed by atoms with E-state index in [2.05, 4.69) is 21.2 Å². The molecule has 0 aromatic heterocycles. The summed E-state index contributed by atoms with van der Waals surface area (Å²) in [5.74, 6) is -2.66. The normalized spacial score (nSPS) is 13.0. The first-order valence-corrected chi connectivity index (χ1v) is 10.7. The number of anilines is 2. The van der Waals surface area contributed by atoms with E-state index in [1.165, 1.54) is 12.1 Å². The van der Waals surface area contributed by atoms with Gasteiger partial charge < -0.3 is 10.6 Å². The Balaban J connectivity index is 2.61. The third-order valence-electron chi connectivity index (χ3n) is 4.90. The minimum atomic E-state index is -6.67. The van der Waals surface area contributed by atoms with E-state index >= 15 is 0 Å². The third kappa shape index (κ3) is 5.86. The van der Waals surface area contributed by atoms with Crippen LogP contribution in [0.1, 0.15) is 41.3 Å². The Morgan fingerprint density at radius 1 is 0.944 bits per heavy atom. The number of halogens is 12. The fourth-order valence-corrected chi connectivity index (χ4v) is 3.63. The van der Waals surface area contributed by atoms with Crippen LogP contribution in [0, 0.1) is 5.82 Å². The summed E-state index contributed by atoms with van der Waals surface area (Å²) in [5, 5.41) is 4.31. The molecular formula is C21H16BrF11N2O. The predicted molar refractivity (Wildman–Crippen MR) is 112 cm³/mol. The molecule has 0 fully saturated rings. The van der Waals surface area contributed by atoms with Crippen molar-refractivity contribution in [3.8, 4) is 0 Å². The second-order valence-electron chi connectivity index (χ2n) is 7.43. The molecule has 2 rings (SSSR count). The van der Waals surface area contributed by atoms with Crippen molar-refractivity contribution in [3.63, 3.8) is 0 Å². The van der Waals surface area contributed by atoms with Gasteiger partial charge in [-0.1, -0.05) is 19.4 Å². The molecular weight excluding hydrogens is 585 g/mol. The van der Waals surface area contributed by atoms with Crippen molar-refractivity contribution in [1.29, 1.82) is 0 Å². The maximum Gasteiger partial charge on any atom is 0.435 e. The van der Waals surface area contributed by atoms with Crippen LogP contribution in [-0.2, 0) is 11.8 Å². The fourth-order valence-electron chi connectivity index (χ4n) is 3.07. The van der Waals surface area contributed by atoms with E-state index in [1.807, 2.05) is 6.92 Å². The van der Waals surface area contributed by atoms with Crippen molar-refractivity contribution in [1.82, 2.24) is 0 Å². The van der Waals surface area contributed by atoms with E-state index in [0.717, 1.165) is 12.5 Å². The molecule has 200 valence electrons. The van der Waals surface area contributed by atoms with Crippen LogP contribution in [0.15, 0.2) is 34.8 Å². The molecule has 0 bridgehead atoms. The lowest BCUT2D eigenvalue weighted by molar-refractivity contribution is -0.348. The van der Waals surface area contributed by atoms with Gasteiger partial charge in [-0.3, -0.25) is 4.79 Å². The van der Waals surface area contributed by atoms with Crippen molar-refractivity contribution in [2.75, 3.05) is 17.2 Å². The highest BCUT2D eigenvalue weighted by molar-refractivity contribution is 9.10. The number of hydrogen-bond acceptors (Lipinski definition) is 2. The van der Waals surface area contributed by atoms with Gasteiger partial charge in [0.15, 0.2) is 5.82 Å². The highest BCUT2D eigenvalue weighted by atomic mass is 79.9. The van der Waals surface area contributed by atoms with Crippen LogP contribution in [0.4, 0.5) is 59.7 Å². The predicted octanol–water partition coefficient (Wildman–Crippen LogP) is 8.36. The summed E-state index contributed by atoms with van der Waals surface area (Å²) in [6.45, 7) is 2.15. The number of alkyl halides is 10. The Morgan fingerprint density at radius 2 is 1.53 bits per heavy atom. The van der Waals surface area contributed by atoms with E-state index in [4.69, 9.17) is 0 Å². The van der Waals surface area contributed by atoms with Crippen LogP contribution in [0.5, 0.6) is 0 Å². The van der Waals surface area contributed by atoms with Crippen molar-refractivity contribution in [3.05, 3.63) is 57.3 Å². The van der Waals surface area contributed by atoms with Crippen molar-refractivity contribution in [2.24, 2.45) is 0 Å². The molecule has 0 heterocycles. The second kappa shape index (κ2) is 10.4. The maximum atomic E-state index is 14.7. The number of benzene rings is 2. The summed E-state index contributed by atoms with van der Waals surface area (Å²) in [5.41, 5.74) is -13.1. The van der Waals surface area contributed by atoms with Gasteiger partial charge in [-0.05, 0) is 46.6 Å². The first-order chi connectivity index (χ1) is 16.4. The quantitative estimate of drug-likeness (QED) is 0.248. The number of nitrogens with one attached hydrogen (secondary N) is 2. The van der Waals surface area contributed by atoms with Crippen molar-refractivity contribution >= 4 is 33.2 Å². The number of unbranched alkanes of at least 4 members (excludes halogenated alkanes) is 1. The Morgan fingerprint density at radius 3 is 2.03 bits per heavy atom. The third-order valence-corrected chi connectivity index (χ3v) is 5.53. The Bertz CT molecular complexity index is 1100. The van der Waals surface area contributed by atoms with Gasteiger partial charge in [0.1, 0.15) is 0 Å². The van der Waals surface area contributed by atoms with Crippen LogP contribution in [0.2, 0.25) is 0 Å². The van der Waals surface area contributed by atoms with E-state index in [-0.39, 0.29) is 11.8 Å². The minimum absolute atomic E-state index is 0.167. The molecule has 15 heteroatoms. The van der Waals surface area contributed by atoms with Gasteiger partial charge in [0.25, 0.3) is 5.91 Å². The average Bonchev–Trinajstić information content (AvgIpc) is 2.73. The number of carbonyl (C=O) groups excluding carboxylic acids is 1. The minimum Gasteiger partial charge on any atom is -0.383 e. The molecule has 0 aliphatic rings. The Labute approximate surface area is 205 Å². The van der Waals surface area contributed by atoms with Gasteiger partial charge in [-0.25, -0.2) is 8.78 Å². The average molecular weight is 601 g/mol. The molecule has 2 N–H and O–H groups in total. The fraction of sp³-hybridized carbons (Fsp3) is 0.381. The number of hydrogen-bond donors (Lipinski definition) is 2. The smallest absolute Gasteiger partial charge is 0.383 e. The van der Waals surface area contributed by atoms with Crippen LogP contribution >= 0.6 is 15.9 Å². The molecule has 0 aliphatic heterocycles. The Kier molecular flexibility index (Phi) is 8.58. The molecule has 0 spiro atoms. The van der Waals surface area contributed by atoms with Gasteiger partial charge in [0, 0.05) is 16.6 Å². The summed E-state index contributed by atoms with van der Waals surface area (Å²) >= 11 is 2.37. The number of carbonyl (C=O) groups is 1. The summed E-state index contributed by atoms with van der Waals surface area (Å²) < 4.78 is 147. The van der Waals surface area contributed by atoms with Gasteiger partial charge in [0.2, 0.25) is 0 Å². The van der Waals surface area contributed by atoms with Gasteiger partial charge >= 0.3 is 24.2 Å². The molecule has 0 radical (unpaired) electrons. The molecule has 1 amide bonds. The SMILES string of the molecule is CCCCNc1cccc(C(=O)Nc2c(Br)cc(C(F)(C(F)(F)F)C(F)(F)F)cc2C(F)(F)F)c1F. The zero-order chi connectivity index (χ0) is 27.7.